The monoisotopic (exact) mass is 376 g/mol. The SMILES string of the molecule is CC(=O)Nc1cccc(NC(=O)c2ccccc2C(=O)c2ccc(F)cc2)c1. The van der Waals surface area contributed by atoms with E-state index in [1.54, 1.807) is 48.5 Å². The van der Waals surface area contributed by atoms with Gasteiger partial charge in [-0.1, -0.05) is 24.3 Å². The number of halogens is 1. The van der Waals surface area contributed by atoms with E-state index < -0.39 is 11.7 Å². The fraction of sp³-hybridized carbons (Fsp3) is 0.0455. The Labute approximate surface area is 161 Å². The third kappa shape index (κ3) is 4.48. The molecule has 0 bridgehead atoms. The van der Waals surface area contributed by atoms with Gasteiger partial charge in [0.1, 0.15) is 5.82 Å². The summed E-state index contributed by atoms with van der Waals surface area (Å²) in [5, 5.41) is 5.36. The second-order valence-corrected chi connectivity index (χ2v) is 6.10. The van der Waals surface area contributed by atoms with E-state index >= 15 is 0 Å². The van der Waals surface area contributed by atoms with Crippen LogP contribution in [-0.4, -0.2) is 17.6 Å². The molecule has 0 saturated carbocycles. The summed E-state index contributed by atoms with van der Waals surface area (Å²) in [5.74, 6) is -1.51. The molecule has 0 radical (unpaired) electrons. The molecular weight excluding hydrogens is 359 g/mol. The van der Waals surface area contributed by atoms with Crippen molar-refractivity contribution in [3.05, 3.63) is 95.3 Å². The number of rotatable bonds is 5. The summed E-state index contributed by atoms with van der Waals surface area (Å²) < 4.78 is 13.1. The number of anilines is 2. The number of hydrogen-bond acceptors (Lipinski definition) is 3. The van der Waals surface area contributed by atoms with E-state index in [2.05, 4.69) is 10.6 Å². The smallest absolute Gasteiger partial charge is 0.256 e. The fourth-order valence-electron chi connectivity index (χ4n) is 2.71. The van der Waals surface area contributed by atoms with Gasteiger partial charge in [-0.2, -0.15) is 0 Å². The summed E-state index contributed by atoms with van der Waals surface area (Å²) in [6.45, 7) is 1.39. The van der Waals surface area contributed by atoms with Gasteiger partial charge in [-0.3, -0.25) is 14.4 Å². The molecule has 0 aliphatic carbocycles. The van der Waals surface area contributed by atoms with Crippen LogP contribution in [-0.2, 0) is 4.79 Å². The first-order valence-electron chi connectivity index (χ1n) is 8.52. The molecule has 3 aromatic carbocycles. The van der Waals surface area contributed by atoms with Gasteiger partial charge >= 0.3 is 0 Å². The van der Waals surface area contributed by atoms with E-state index in [0.717, 1.165) is 0 Å². The molecule has 140 valence electrons. The molecule has 0 saturated heterocycles. The number of ketones is 1. The Balaban J connectivity index is 1.86. The maximum atomic E-state index is 13.1. The Morgan fingerprint density at radius 1 is 0.750 bits per heavy atom. The van der Waals surface area contributed by atoms with Crippen LogP contribution in [0.15, 0.2) is 72.8 Å². The topological polar surface area (TPSA) is 75.3 Å². The highest BCUT2D eigenvalue weighted by Crippen LogP contribution is 2.19. The van der Waals surface area contributed by atoms with Crippen molar-refractivity contribution in [2.45, 2.75) is 6.92 Å². The lowest BCUT2D eigenvalue weighted by Crippen LogP contribution is -2.17. The van der Waals surface area contributed by atoms with Crippen LogP contribution in [0.4, 0.5) is 15.8 Å². The zero-order chi connectivity index (χ0) is 20.1. The second kappa shape index (κ2) is 8.26. The average Bonchev–Trinajstić information content (AvgIpc) is 2.68. The summed E-state index contributed by atoms with van der Waals surface area (Å²) in [6, 6.07) is 18.2. The number of benzene rings is 3. The first-order valence-corrected chi connectivity index (χ1v) is 8.52. The highest BCUT2D eigenvalue weighted by atomic mass is 19.1. The lowest BCUT2D eigenvalue weighted by Gasteiger charge is -2.11. The molecule has 3 aromatic rings. The maximum absolute atomic E-state index is 13.1. The number of nitrogens with one attached hydrogen (secondary N) is 2. The molecule has 2 N–H and O–H groups in total. The number of hydrogen-bond donors (Lipinski definition) is 2. The van der Waals surface area contributed by atoms with Crippen molar-refractivity contribution in [3.8, 4) is 0 Å². The van der Waals surface area contributed by atoms with Crippen LogP contribution < -0.4 is 10.6 Å². The molecule has 0 aliphatic heterocycles. The average molecular weight is 376 g/mol. The molecule has 2 amide bonds. The normalized spacial score (nSPS) is 10.2. The molecule has 0 heterocycles. The standard InChI is InChI=1S/C22H17FN2O3/c1-14(26)24-17-5-4-6-18(13-17)25-22(28)20-8-3-2-7-19(20)21(27)15-9-11-16(23)12-10-15/h2-13H,1H3,(H,24,26)(H,25,28). The molecule has 28 heavy (non-hydrogen) atoms. The Bertz CT molecular complexity index is 1050. The van der Waals surface area contributed by atoms with Gasteiger partial charge in [0.25, 0.3) is 5.91 Å². The third-order valence-electron chi connectivity index (χ3n) is 3.96. The number of amides is 2. The van der Waals surface area contributed by atoms with Gasteiger partial charge < -0.3 is 10.6 Å². The van der Waals surface area contributed by atoms with Crippen LogP contribution in [0.25, 0.3) is 0 Å². The molecule has 3 rings (SSSR count). The molecule has 0 aromatic heterocycles. The minimum Gasteiger partial charge on any atom is -0.326 e. The summed E-state index contributed by atoms with van der Waals surface area (Å²) in [5.41, 5.74) is 1.71. The zero-order valence-corrected chi connectivity index (χ0v) is 15.0. The molecule has 5 nitrogen and oxygen atoms in total. The predicted octanol–water partition coefficient (Wildman–Crippen LogP) is 4.27. The van der Waals surface area contributed by atoms with Crippen LogP contribution in [0.1, 0.15) is 33.2 Å². The second-order valence-electron chi connectivity index (χ2n) is 6.10. The summed E-state index contributed by atoms with van der Waals surface area (Å²) in [6.07, 6.45) is 0. The quantitative estimate of drug-likeness (QED) is 0.653. The summed E-state index contributed by atoms with van der Waals surface area (Å²) in [4.78, 5) is 36.7. The van der Waals surface area contributed by atoms with Gasteiger partial charge in [-0.25, -0.2) is 4.39 Å². The van der Waals surface area contributed by atoms with Crippen LogP contribution in [0, 0.1) is 5.82 Å². The molecule has 0 fully saturated rings. The van der Waals surface area contributed by atoms with Crippen molar-refractivity contribution in [2.24, 2.45) is 0 Å². The van der Waals surface area contributed by atoms with Gasteiger partial charge in [0.05, 0.1) is 5.56 Å². The predicted molar refractivity (Wildman–Crippen MR) is 105 cm³/mol. The van der Waals surface area contributed by atoms with Gasteiger partial charge in [-0.15, -0.1) is 0 Å². The highest BCUT2D eigenvalue weighted by molar-refractivity contribution is 6.17. The number of carbonyl (C=O) groups is 3. The Kier molecular flexibility index (Phi) is 5.60. The zero-order valence-electron chi connectivity index (χ0n) is 15.0. The fourth-order valence-corrected chi connectivity index (χ4v) is 2.71. The van der Waals surface area contributed by atoms with Crippen LogP contribution >= 0.6 is 0 Å². The summed E-state index contributed by atoms with van der Waals surface area (Å²) in [7, 11) is 0. The minimum atomic E-state index is -0.467. The molecule has 6 heteroatoms. The molecular formula is C22H17FN2O3. The highest BCUT2D eigenvalue weighted by Gasteiger charge is 2.18. The lowest BCUT2D eigenvalue weighted by atomic mass is 9.98. The molecule has 0 unspecified atom stereocenters. The van der Waals surface area contributed by atoms with E-state index in [-0.39, 0.29) is 28.4 Å². The van der Waals surface area contributed by atoms with Gasteiger partial charge in [0.2, 0.25) is 5.91 Å². The van der Waals surface area contributed by atoms with Gasteiger partial charge in [-0.05, 0) is 48.5 Å². The van der Waals surface area contributed by atoms with E-state index in [1.807, 2.05) is 0 Å². The van der Waals surface area contributed by atoms with E-state index in [9.17, 15) is 18.8 Å². The Morgan fingerprint density at radius 3 is 2.00 bits per heavy atom. The lowest BCUT2D eigenvalue weighted by molar-refractivity contribution is -0.114. The van der Waals surface area contributed by atoms with E-state index in [1.165, 1.54) is 31.2 Å². The first kappa shape index (κ1) is 19.0. The van der Waals surface area contributed by atoms with Crippen molar-refractivity contribution in [3.63, 3.8) is 0 Å². The summed E-state index contributed by atoms with van der Waals surface area (Å²) >= 11 is 0. The first-order chi connectivity index (χ1) is 13.4. The van der Waals surface area contributed by atoms with Crippen LogP contribution in [0.3, 0.4) is 0 Å². The number of carbonyl (C=O) groups excluding carboxylic acids is 3. The molecule has 0 aliphatic rings. The van der Waals surface area contributed by atoms with Crippen LogP contribution in [0.5, 0.6) is 0 Å². The van der Waals surface area contributed by atoms with Crippen molar-refractivity contribution in [1.29, 1.82) is 0 Å². The van der Waals surface area contributed by atoms with Crippen molar-refractivity contribution >= 4 is 29.0 Å². The van der Waals surface area contributed by atoms with Gasteiger partial charge in [0, 0.05) is 29.4 Å². The van der Waals surface area contributed by atoms with Crippen molar-refractivity contribution < 1.29 is 18.8 Å². The Morgan fingerprint density at radius 2 is 1.36 bits per heavy atom. The molecule has 0 spiro atoms. The minimum absolute atomic E-state index is 0.196. The third-order valence-corrected chi connectivity index (χ3v) is 3.96. The maximum Gasteiger partial charge on any atom is 0.256 e. The van der Waals surface area contributed by atoms with E-state index in [4.69, 9.17) is 0 Å². The van der Waals surface area contributed by atoms with Crippen molar-refractivity contribution in [1.82, 2.24) is 0 Å². The molecule has 0 atom stereocenters. The van der Waals surface area contributed by atoms with Gasteiger partial charge in [0.15, 0.2) is 5.78 Å². The largest absolute Gasteiger partial charge is 0.326 e. The van der Waals surface area contributed by atoms with Crippen LogP contribution in [0.2, 0.25) is 0 Å². The Hall–Kier alpha value is -3.80. The van der Waals surface area contributed by atoms with E-state index in [0.29, 0.717) is 11.4 Å². The van der Waals surface area contributed by atoms with Crippen molar-refractivity contribution in [2.75, 3.05) is 10.6 Å².